The van der Waals surface area contributed by atoms with E-state index >= 15 is 0 Å². The maximum atomic E-state index is 11.9. The van der Waals surface area contributed by atoms with E-state index in [0.717, 1.165) is 19.5 Å². The molecule has 0 radical (unpaired) electrons. The number of amides is 2. The molecule has 3 N–H and O–H groups in total. The zero-order valence-corrected chi connectivity index (χ0v) is 13.1. The number of carbonyl (C=O) groups excluding carboxylic acids is 1. The van der Waals surface area contributed by atoms with Gasteiger partial charge in [-0.1, -0.05) is 0 Å². The van der Waals surface area contributed by atoms with Gasteiger partial charge in [-0.05, 0) is 53.6 Å². The molecule has 2 amide bonds. The first-order valence-electron chi connectivity index (χ1n) is 7.04. The smallest absolute Gasteiger partial charge is 0.315 e. The molecule has 0 aromatic heterocycles. The molecule has 1 unspecified atom stereocenters. The Bertz CT molecular complexity index is 380. The van der Waals surface area contributed by atoms with Crippen molar-refractivity contribution in [1.29, 1.82) is 0 Å². The topological polar surface area (TPSA) is 81.7 Å². The van der Waals surface area contributed by atoms with Gasteiger partial charge in [-0.15, -0.1) is 0 Å². The molecule has 0 aromatic carbocycles. The molecule has 1 fully saturated rings. The minimum Gasteiger partial charge on any atom is -0.481 e. The summed E-state index contributed by atoms with van der Waals surface area (Å²) < 4.78 is 0. The first-order chi connectivity index (χ1) is 9.06. The molecule has 1 rings (SSSR count). The minimum absolute atomic E-state index is 0.307. The first-order valence-corrected chi connectivity index (χ1v) is 7.04. The van der Waals surface area contributed by atoms with E-state index in [0.29, 0.717) is 12.5 Å². The van der Waals surface area contributed by atoms with Crippen molar-refractivity contribution in [2.24, 2.45) is 11.3 Å². The quantitative estimate of drug-likeness (QED) is 0.707. The maximum Gasteiger partial charge on any atom is 0.315 e. The van der Waals surface area contributed by atoms with Crippen LogP contribution in [0.2, 0.25) is 0 Å². The van der Waals surface area contributed by atoms with E-state index in [1.807, 2.05) is 0 Å². The Kier molecular flexibility index (Phi) is 5.02. The normalized spacial score (nSPS) is 20.8. The van der Waals surface area contributed by atoms with Crippen molar-refractivity contribution in [2.45, 2.75) is 39.7 Å². The van der Waals surface area contributed by atoms with Crippen LogP contribution < -0.4 is 10.6 Å². The van der Waals surface area contributed by atoms with E-state index in [1.54, 1.807) is 27.7 Å². The predicted molar refractivity (Wildman–Crippen MR) is 77.6 cm³/mol. The number of nitrogens with zero attached hydrogens (tertiary/aromatic N) is 1. The van der Waals surface area contributed by atoms with E-state index in [1.165, 1.54) is 0 Å². The summed E-state index contributed by atoms with van der Waals surface area (Å²) in [4.78, 5) is 25.5. The molecule has 6 heteroatoms. The molecule has 0 aromatic rings. The Labute approximate surface area is 120 Å². The highest BCUT2D eigenvalue weighted by Crippen LogP contribution is 2.30. The fourth-order valence-corrected chi connectivity index (χ4v) is 2.18. The highest BCUT2D eigenvalue weighted by atomic mass is 16.4. The summed E-state index contributed by atoms with van der Waals surface area (Å²) in [5, 5.41) is 14.9. The van der Waals surface area contributed by atoms with Crippen molar-refractivity contribution in [2.75, 3.05) is 26.7 Å². The molecule has 0 aliphatic carbocycles. The number of likely N-dealkylation sites (tertiary alicyclic amines) is 1. The molecular weight excluding hydrogens is 258 g/mol. The molecule has 1 saturated heterocycles. The van der Waals surface area contributed by atoms with Crippen molar-refractivity contribution in [3.8, 4) is 0 Å². The van der Waals surface area contributed by atoms with Gasteiger partial charge in [-0.2, -0.15) is 0 Å². The van der Waals surface area contributed by atoms with Crippen molar-refractivity contribution in [1.82, 2.24) is 15.5 Å². The zero-order chi connectivity index (χ0) is 15.6. The molecule has 1 aliphatic rings. The van der Waals surface area contributed by atoms with Crippen LogP contribution in [0.3, 0.4) is 0 Å². The third-order valence-corrected chi connectivity index (χ3v) is 4.56. The summed E-state index contributed by atoms with van der Waals surface area (Å²) in [5.41, 5.74) is -1.88. The number of hydrogen-bond acceptors (Lipinski definition) is 3. The fourth-order valence-electron chi connectivity index (χ4n) is 2.18. The number of rotatable bonds is 5. The number of urea groups is 1. The lowest BCUT2D eigenvalue weighted by molar-refractivity contribution is -0.150. The van der Waals surface area contributed by atoms with Gasteiger partial charge in [0.15, 0.2) is 0 Å². The summed E-state index contributed by atoms with van der Waals surface area (Å²) in [7, 11) is 2.07. The van der Waals surface area contributed by atoms with Gasteiger partial charge in [0.2, 0.25) is 0 Å². The van der Waals surface area contributed by atoms with E-state index in [9.17, 15) is 14.7 Å². The molecule has 1 aliphatic heterocycles. The predicted octanol–water partition coefficient (Wildman–Crippen LogP) is 1.13. The van der Waals surface area contributed by atoms with Gasteiger partial charge in [-0.25, -0.2) is 4.79 Å². The second-order valence-corrected chi connectivity index (χ2v) is 6.81. The largest absolute Gasteiger partial charge is 0.481 e. The van der Waals surface area contributed by atoms with Gasteiger partial charge in [0.1, 0.15) is 0 Å². The third-order valence-electron chi connectivity index (χ3n) is 4.56. The highest BCUT2D eigenvalue weighted by molar-refractivity contribution is 5.79. The Morgan fingerprint density at radius 1 is 1.30 bits per heavy atom. The molecule has 116 valence electrons. The second kappa shape index (κ2) is 5.99. The molecule has 0 spiro atoms. The van der Waals surface area contributed by atoms with E-state index in [2.05, 4.69) is 22.6 Å². The Hall–Kier alpha value is -1.30. The molecular formula is C14H27N3O3. The Balaban J connectivity index is 2.47. The fraction of sp³-hybridized carbons (Fsp3) is 0.857. The average Bonchev–Trinajstić information content (AvgIpc) is 2.71. The zero-order valence-electron chi connectivity index (χ0n) is 13.1. The highest BCUT2D eigenvalue weighted by Gasteiger charge is 2.44. The summed E-state index contributed by atoms with van der Waals surface area (Å²) in [6.07, 6.45) is 1.08. The molecule has 1 heterocycles. The van der Waals surface area contributed by atoms with Crippen LogP contribution in [0.5, 0.6) is 0 Å². The number of aliphatic carboxylic acids is 1. The van der Waals surface area contributed by atoms with Crippen molar-refractivity contribution >= 4 is 12.0 Å². The van der Waals surface area contributed by atoms with Gasteiger partial charge in [0.25, 0.3) is 0 Å². The summed E-state index contributed by atoms with van der Waals surface area (Å²) in [6, 6.07) is -0.307. The van der Waals surface area contributed by atoms with Crippen LogP contribution in [0.25, 0.3) is 0 Å². The van der Waals surface area contributed by atoms with Crippen LogP contribution in [-0.2, 0) is 4.79 Å². The van der Waals surface area contributed by atoms with Gasteiger partial charge in [0.05, 0.1) is 11.0 Å². The maximum absolute atomic E-state index is 11.9. The number of carboxylic acids is 1. The Morgan fingerprint density at radius 3 is 2.35 bits per heavy atom. The van der Waals surface area contributed by atoms with Crippen molar-refractivity contribution < 1.29 is 14.7 Å². The monoisotopic (exact) mass is 285 g/mol. The van der Waals surface area contributed by atoms with Gasteiger partial charge in [0, 0.05) is 13.1 Å². The lowest BCUT2D eigenvalue weighted by atomic mass is 9.74. The average molecular weight is 285 g/mol. The van der Waals surface area contributed by atoms with E-state index in [4.69, 9.17) is 0 Å². The molecule has 1 atom stereocenters. The van der Waals surface area contributed by atoms with Crippen LogP contribution in [0.15, 0.2) is 0 Å². The SMILES string of the molecule is CN1CCC(CNC(=O)NC(C)(C)C(C)(C)C(=O)O)C1. The number of carboxylic acid groups (broad SMARTS) is 1. The van der Waals surface area contributed by atoms with Crippen molar-refractivity contribution in [3.63, 3.8) is 0 Å². The van der Waals surface area contributed by atoms with E-state index < -0.39 is 16.9 Å². The Morgan fingerprint density at radius 2 is 1.90 bits per heavy atom. The van der Waals surface area contributed by atoms with Crippen LogP contribution >= 0.6 is 0 Å². The van der Waals surface area contributed by atoms with Crippen LogP contribution in [0.1, 0.15) is 34.1 Å². The lowest BCUT2D eigenvalue weighted by Gasteiger charge is -2.38. The number of nitrogens with one attached hydrogen (secondary N) is 2. The number of carbonyl (C=O) groups is 2. The minimum atomic E-state index is -1.04. The summed E-state index contributed by atoms with van der Waals surface area (Å²) in [5.74, 6) is -0.457. The second-order valence-electron chi connectivity index (χ2n) is 6.81. The first kappa shape index (κ1) is 16.8. The van der Waals surface area contributed by atoms with Gasteiger partial charge < -0.3 is 20.6 Å². The molecule has 6 nitrogen and oxygen atoms in total. The van der Waals surface area contributed by atoms with Crippen molar-refractivity contribution in [3.05, 3.63) is 0 Å². The van der Waals surface area contributed by atoms with Crippen LogP contribution in [0, 0.1) is 11.3 Å². The van der Waals surface area contributed by atoms with Crippen LogP contribution in [-0.4, -0.2) is 54.2 Å². The molecule has 20 heavy (non-hydrogen) atoms. The van der Waals surface area contributed by atoms with Gasteiger partial charge >= 0.3 is 12.0 Å². The molecule has 0 saturated carbocycles. The van der Waals surface area contributed by atoms with Gasteiger partial charge in [-0.3, -0.25) is 4.79 Å². The van der Waals surface area contributed by atoms with Crippen LogP contribution in [0.4, 0.5) is 4.79 Å². The summed E-state index contributed by atoms with van der Waals surface area (Å²) >= 11 is 0. The van der Waals surface area contributed by atoms with E-state index in [-0.39, 0.29) is 6.03 Å². The summed E-state index contributed by atoms with van der Waals surface area (Å²) in [6.45, 7) is 9.35. The molecule has 0 bridgehead atoms. The lowest BCUT2D eigenvalue weighted by Crippen LogP contribution is -2.59. The standard InChI is InChI=1S/C14H27N3O3/c1-13(2,11(18)19)14(3,4)16-12(20)15-8-10-6-7-17(5)9-10/h10H,6-9H2,1-5H3,(H,18,19)(H2,15,16,20). The number of hydrogen-bond donors (Lipinski definition) is 3. The third kappa shape index (κ3) is 3.85.